The van der Waals surface area contributed by atoms with Crippen LogP contribution in [0.15, 0.2) is 0 Å². The number of anilines is 2. The first-order valence-corrected chi connectivity index (χ1v) is 10.7. The predicted molar refractivity (Wildman–Crippen MR) is 113 cm³/mol. The zero-order chi connectivity index (χ0) is 21.0. The summed E-state index contributed by atoms with van der Waals surface area (Å²) in [4.78, 5) is 24.0. The van der Waals surface area contributed by atoms with Crippen molar-refractivity contribution in [1.29, 1.82) is 0 Å². The molecular formula is C21H35N5O3. The summed E-state index contributed by atoms with van der Waals surface area (Å²) in [7, 11) is 1.81. The van der Waals surface area contributed by atoms with Crippen molar-refractivity contribution in [3.63, 3.8) is 0 Å². The van der Waals surface area contributed by atoms with Crippen molar-refractivity contribution in [2.75, 3.05) is 37.1 Å². The van der Waals surface area contributed by atoms with Crippen molar-refractivity contribution in [3.05, 3.63) is 11.3 Å². The van der Waals surface area contributed by atoms with Gasteiger partial charge >= 0.3 is 5.97 Å². The van der Waals surface area contributed by atoms with Gasteiger partial charge in [-0.3, -0.25) is 10.2 Å². The number of carbonyl (C=O) groups excluding carboxylic acids is 1. The SMILES string of the molecule is CNNc1nc2c(c(N3CCOC[C@H]3C)n1)CCC(CCC(=O)OC(C)(C)C)C2. The number of rotatable bonds is 6. The highest BCUT2D eigenvalue weighted by atomic mass is 16.6. The number of hydrogen-bond donors (Lipinski definition) is 2. The van der Waals surface area contributed by atoms with Gasteiger partial charge in [0.25, 0.3) is 0 Å². The Morgan fingerprint density at radius 1 is 1.34 bits per heavy atom. The minimum atomic E-state index is -0.430. The van der Waals surface area contributed by atoms with Gasteiger partial charge in [0.2, 0.25) is 5.95 Å². The smallest absolute Gasteiger partial charge is 0.306 e. The van der Waals surface area contributed by atoms with Crippen LogP contribution in [0.2, 0.25) is 0 Å². The molecule has 0 bridgehead atoms. The molecule has 2 heterocycles. The van der Waals surface area contributed by atoms with Gasteiger partial charge in [-0.2, -0.15) is 4.98 Å². The van der Waals surface area contributed by atoms with Crippen LogP contribution in [0.25, 0.3) is 0 Å². The van der Waals surface area contributed by atoms with Gasteiger partial charge in [-0.15, -0.1) is 0 Å². The average Bonchev–Trinajstić information content (AvgIpc) is 2.65. The summed E-state index contributed by atoms with van der Waals surface area (Å²) in [6, 6.07) is 0.287. The molecule has 2 N–H and O–H groups in total. The van der Waals surface area contributed by atoms with Gasteiger partial charge in [0, 0.05) is 25.6 Å². The number of hydrogen-bond acceptors (Lipinski definition) is 8. The third kappa shape index (κ3) is 5.79. The predicted octanol–water partition coefficient (Wildman–Crippen LogP) is 2.47. The molecule has 0 aromatic carbocycles. The number of nitrogens with one attached hydrogen (secondary N) is 2. The number of ether oxygens (including phenoxy) is 2. The molecule has 162 valence electrons. The van der Waals surface area contributed by atoms with Gasteiger partial charge in [0.1, 0.15) is 11.4 Å². The number of carbonyl (C=O) groups is 1. The Hall–Kier alpha value is -1.93. The highest BCUT2D eigenvalue weighted by Crippen LogP contribution is 2.34. The molecule has 1 aromatic rings. The zero-order valence-corrected chi connectivity index (χ0v) is 18.4. The van der Waals surface area contributed by atoms with E-state index in [0.717, 1.165) is 50.3 Å². The van der Waals surface area contributed by atoms with Crippen LogP contribution in [-0.2, 0) is 27.1 Å². The average molecular weight is 406 g/mol. The van der Waals surface area contributed by atoms with Gasteiger partial charge in [0.15, 0.2) is 0 Å². The van der Waals surface area contributed by atoms with Crippen molar-refractivity contribution in [3.8, 4) is 0 Å². The summed E-state index contributed by atoms with van der Waals surface area (Å²) in [5.41, 5.74) is 7.87. The van der Waals surface area contributed by atoms with Crippen LogP contribution in [0.1, 0.15) is 58.2 Å². The normalized spacial score (nSPS) is 22.2. The van der Waals surface area contributed by atoms with Crippen molar-refractivity contribution in [1.82, 2.24) is 15.4 Å². The lowest BCUT2D eigenvalue weighted by Gasteiger charge is -2.37. The van der Waals surface area contributed by atoms with E-state index in [4.69, 9.17) is 19.4 Å². The second kappa shape index (κ2) is 9.26. The maximum atomic E-state index is 12.1. The van der Waals surface area contributed by atoms with E-state index < -0.39 is 5.60 Å². The molecule has 1 fully saturated rings. The molecule has 1 aliphatic carbocycles. The van der Waals surface area contributed by atoms with Crippen LogP contribution in [0.4, 0.5) is 11.8 Å². The van der Waals surface area contributed by atoms with Gasteiger partial charge in [-0.1, -0.05) is 0 Å². The molecule has 0 saturated carbocycles. The van der Waals surface area contributed by atoms with Crippen LogP contribution in [0.5, 0.6) is 0 Å². The summed E-state index contributed by atoms with van der Waals surface area (Å²) in [5.74, 6) is 1.93. The lowest BCUT2D eigenvalue weighted by Crippen LogP contribution is -2.45. The zero-order valence-electron chi connectivity index (χ0n) is 18.4. The largest absolute Gasteiger partial charge is 0.460 e. The number of esters is 1. The highest BCUT2D eigenvalue weighted by Gasteiger charge is 2.30. The number of aromatic nitrogens is 2. The Kier molecular flexibility index (Phi) is 6.95. The number of morpholine rings is 1. The second-order valence-electron chi connectivity index (χ2n) is 9.02. The van der Waals surface area contributed by atoms with Crippen LogP contribution in [0.3, 0.4) is 0 Å². The van der Waals surface area contributed by atoms with Crippen molar-refractivity contribution >= 4 is 17.7 Å². The molecule has 1 saturated heterocycles. The van der Waals surface area contributed by atoms with Crippen molar-refractivity contribution in [2.24, 2.45) is 5.92 Å². The Morgan fingerprint density at radius 3 is 2.83 bits per heavy atom. The minimum absolute atomic E-state index is 0.119. The molecule has 8 heteroatoms. The molecule has 0 radical (unpaired) electrons. The number of fused-ring (bicyclic) bond motifs is 1. The molecular weight excluding hydrogens is 370 g/mol. The third-order valence-electron chi connectivity index (χ3n) is 5.41. The summed E-state index contributed by atoms with van der Waals surface area (Å²) < 4.78 is 11.1. The van der Waals surface area contributed by atoms with Gasteiger partial charge in [0.05, 0.1) is 24.9 Å². The highest BCUT2D eigenvalue weighted by molar-refractivity contribution is 5.69. The van der Waals surface area contributed by atoms with E-state index in [-0.39, 0.29) is 12.0 Å². The fraction of sp³-hybridized carbons (Fsp3) is 0.762. The molecule has 2 aliphatic rings. The molecule has 1 unspecified atom stereocenters. The lowest BCUT2D eigenvalue weighted by atomic mass is 9.84. The van der Waals surface area contributed by atoms with E-state index in [1.54, 1.807) is 0 Å². The van der Waals surface area contributed by atoms with Crippen LogP contribution >= 0.6 is 0 Å². The first-order valence-electron chi connectivity index (χ1n) is 10.7. The first-order chi connectivity index (χ1) is 13.8. The maximum absolute atomic E-state index is 12.1. The van der Waals surface area contributed by atoms with E-state index in [1.165, 1.54) is 5.56 Å². The van der Waals surface area contributed by atoms with Crippen molar-refractivity contribution < 1.29 is 14.3 Å². The van der Waals surface area contributed by atoms with E-state index in [1.807, 2.05) is 27.8 Å². The Bertz CT molecular complexity index is 719. The molecule has 2 atom stereocenters. The van der Waals surface area contributed by atoms with E-state index in [0.29, 0.717) is 24.9 Å². The minimum Gasteiger partial charge on any atom is -0.460 e. The standard InChI is InChI=1S/C21H35N5O3/c1-14-13-28-11-10-26(14)19-16-8-6-15(7-9-18(27)29-21(2,3)4)12-17(16)23-20(24-19)25-22-5/h14-15,22H,6-13H2,1-5H3,(H,23,24,25)/t14-,15?/m1/s1. The Balaban J connectivity index is 1.74. The maximum Gasteiger partial charge on any atom is 0.306 e. The van der Waals surface area contributed by atoms with E-state index >= 15 is 0 Å². The van der Waals surface area contributed by atoms with Gasteiger partial charge in [-0.05, 0) is 59.3 Å². The summed E-state index contributed by atoms with van der Waals surface area (Å²) in [6.45, 7) is 10.2. The molecule has 0 spiro atoms. The molecule has 1 aliphatic heterocycles. The molecule has 0 amide bonds. The fourth-order valence-corrected chi connectivity index (χ4v) is 4.07. The Labute approximate surface area is 173 Å². The molecule has 29 heavy (non-hydrogen) atoms. The second-order valence-corrected chi connectivity index (χ2v) is 9.02. The first kappa shape index (κ1) is 21.8. The molecule has 8 nitrogen and oxygen atoms in total. The third-order valence-corrected chi connectivity index (χ3v) is 5.41. The topological polar surface area (TPSA) is 88.6 Å². The Morgan fingerprint density at radius 2 is 2.14 bits per heavy atom. The fourth-order valence-electron chi connectivity index (χ4n) is 4.07. The van der Waals surface area contributed by atoms with Crippen LogP contribution in [0, 0.1) is 5.92 Å². The monoisotopic (exact) mass is 405 g/mol. The van der Waals surface area contributed by atoms with Crippen molar-refractivity contribution in [2.45, 2.75) is 71.4 Å². The summed E-state index contributed by atoms with van der Waals surface area (Å²) >= 11 is 0. The van der Waals surface area contributed by atoms with Crippen LogP contribution < -0.4 is 15.8 Å². The number of hydrazine groups is 1. The van der Waals surface area contributed by atoms with E-state index in [2.05, 4.69) is 22.7 Å². The number of nitrogens with zero attached hydrogens (tertiary/aromatic N) is 3. The van der Waals surface area contributed by atoms with Crippen LogP contribution in [-0.4, -0.2) is 54.4 Å². The molecule has 1 aromatic heterocycles. The van der Waals surface area contributed by atoms with Gasteiger partial charge < -0.3 is 14.4 Å². The van der Waals surface area contributed by atoms with E-state index in [9.17, 15) is 4.79 Å². The quantitative estimate of drug-likeness (QED) is 0.551. The lowest BCUT2D eigenvalue weighted by molar-refractivity contribution is -0.155. The molecule has 3 rings (SSSR count). The summed E-state index contributed by atoms with van der Waals surface area (Å²) in [5, 5.41) is 0. The van der Waals surface area contributed by atoms with Gasteiger partial charge in [-0.25, -0.2) is 10.4 Å². The summed E-state index contributed by atoms with van der Waals surface area (Å²) in [6.07, 6.45) is 4.13.